The molecule has 3 rings (SSSR count). The van der Waals surface area contributed by atoms with E-state index in [9.17, 15) is 13.6 Å². The summed E-state index contributed by atoms with van der Waals surface area (Å²) in [6.45, 7) is 8.49. The molecule has 1 fully saturated rings. The van der Waals surface area contributed by atoms with Crippen LogP contribution in [0.25, 0.3) is 0 Å². The van der Waals surface area contributed by atoms with E-state index in [4.69, 9.17) is 0 Å². The van der Waals surface area contributed by atoms with Gasteiger partial charge in [0.25, 0.3) is 0 Å². The van der Waals surface area contributed by atoms with E-state index in [-0.39, 0.29) is 18.0 Å². The zero-order valence-corrected chi connectivity index (χ0v) is 16.4. The van der Waals surface area contributed by atoms with Crippen LogP contribution >= 0.6 is 0 Å². The molecule has 0 radical (unpaired) electrons. The SMILES string of the molecule is Cc1ccccc1CN1CCN(CC(=O)N[C@H](C)c2ccc(F)cc2F)CC1. The van der Waals surface area contributed by atoms with Crippen molar-refractivity contribution >= 4 is 5.91 Å². The van der Waals surface area contributed by atoms with Gasteiger partial charge in [-0.15, -0.1) is 0 Å². The third kappa shape index (κ3) is 5.36. The first-order chi connectivity index (χ1) is 13.4. The van der Waals surface area contributed by atoms with E-state index < -0.39 is 17.7 Å². The number of hydrogen-bond acceptors (Lipinski definition) is 3. The van der Waals surface area contributed by atoms with Gasteiger partial charge in [-0.3, -0.25) is 14.6 Å². The lowest BCUT2D eigenvalue weighted by molar-refractivity contribution is -0.123. The number of halogens is 2. The summed E-state index contributed by atoms with van der Waals surface area (Å²) in [5.74, 6) is -1.41. The fraction of sp³-hybridized carbons (Fsp3) is 0.409. The number of rotatable bonds is 6. The molecule has 2 aromatic rings. The predicted octanol–water partition coefficient (Wildman–Crippen LogP) is 3.27. The summed E-state index contributed by atoms with van der Waals surface area (Å²) in [5, 5.41) is 2.81. The molecule has 150 valence electrons. The predicted molar refractivity (Wildman–Crippen MR) is 106 cm³/mol. The monoisotopic (exact) mass is 387 g/mol. The molecule has 1 saturated heterocycles. The largest absolute Gasteiger partial charge is 0.348 e. The second-order valence-electron chi connectivity index (χ2n) is 7.43. The summed E-state index contributed by atoms with van der Waals surface area (Å²) in [5.41, 5.74) is 2.92. The third-order valence-electron chi connectivity index (χ3n) is 5.29. The highest BCUT2D eigenvalue weighted by molar-refractivity contribution is 5.78. The van der Waals surface area contributed by atoms with Gasteiger partial charge in [0.15, 0.2) is 0 Å². The molecular weight excluding hydrogens is 360 g/mol. The molecule has 6 heteroatoms. The van der Waals surface area contributed by atoms with Crippen molar-refractivity contribution in [2.75, 3.05) is 32.7 Å². The second-order valence-corrected chi connectivity index (χ2v) is 7.43. The molecular formula is C22H27F2N3O. The Labute approximate surface area is 165 Å². The van der Waals surface area contributed by atoms with Crippen LogP contribution < -0.4 is 5.32 Å². The Hall–Kier alpha value is -2.31. The summed E-state index contributed by atoms with van der Waals surface area (Å²) < 4.78 is 26.9. The van der Waals surface area contributed by atoms with Gasteiger partial charge in [-0.05, 0) is 31.0 Å². The molecule has 4 nitrogen and oxygen atoms in total. The Morgan fingerprint density at radius 3 is 2.43 bits per heavy atom. The van der Waals surface area contributed by atoms with Crippen molar-refractivity contribution in [1.29, 1.82) is 0 Å². The van der Waals surface area contributed by atoms with E-state index in [1.165, 1.54) is 23.3 Å². The van der Waals surface area contributed by atoms with Crippen LogP contribution in [0.2, 0.25) is 0 Å². The van der Waals surface area contributed by atoms with Crippen molar-refractivity contribution in [3.05, 3.63) is 70.8 Å². The fourth-order valence-corrected chi connectivity index (χ4v) is 3.55. The maximum atomic E-state index is 13.9. The van der Waals surface area contributed by atoms with Gasteiger partial charge in [0.1, 0.15) is 11.6 Å². The number of benzene rings is 2. The van der Waals surface area contributed by atoms with Crippen molar-refractivity contribution in [1.82, 2.24) is 15.1 Å². The van der Waals surface area contributed by atoms with Gasteiger partial charge in [-0.1, -0.05) is 30.3 Å². The molecule has 0 aliphatic carbocycles. The van der Waals surface area contributed by atoms with Gasteiger partial charge in [0.05, 0.1) is 12.6 Å². The minimum absolute atomic E-state index is 0.149. The molecule has 1 amide bonds. The average molecular weight is 387 g/mol. The highest BCUT2D eigenvalue weighted by atomic mass is 19.1. The van der Waals surface area contributed by atoms with E-state index in [0.717, 1.165) is 38.8 Å². The molecule has 28 heavy (non-hydrogen) atoms. The Balaban J connectivity index is 1.45. The minimum atomic E-state index is -0.641. The Bertz CT molecular complexity index is 819. The Morgan fingerprint density at radius 2 is 1.75 bits per heavy atom. The maximum Gasteiger partial charge on any atom is 0.234 e. The number of amides is 1. The quantitative estimate of drug-likeness (QED) is 0.826. The number of piperazine rings is 1. The average Bonchev–Trinajstić information content (AvgIpc) is 2.65. The second kappa shape index (κ2) is 9.26. The summed E-state index contributed by atoms with van der Waals surface area (Å²) in [7, 11) is 0. The van der Waals surface area contributed by atoms with Crippen LogP contribution in [0, 0.1) is 18.6 Å². The normalized spacial score (nSPS) is 16.7. The van der Waals surface area contributed by atoms with Crippen LogP contribution in [-0.2, 0) is 11.3 Å². The van der Waals surface area contributed by atoms with E-state index in [1.807, 2.05) is 6.07 Å². The van der Waals surface area contributed by atoms with Gasteiger partial charge in [0, 0.05) is 44.4 Å². The third-order valence-corrected chi connectivity index (χ3v) is 5.29. The van der Waals surface area contributed by atoms with Crippen LogP contribution in [0.15, 0.2) is 42.5 Å². The smallest absolute Gasteiger partial charge is 0.234 e. The summed E-state index contributed by atoms with van der Waals surface area (Å²) in [4.78, 5) is 16.8. The lowest BCUT2D eigenvalue weighted by atomic mass is 10.1. The fourth-order valence-electron chi connectivity index (χ4n) is 3.55. The van der Waals surface area contributed by atoms with Crippen LogP contribution in [0.5, 0.6) is 0 Å². The van der Waals surface area contributed by atoms with E-state index >= 15 is 0 Å². The highest BCUT2D eigenvalue weighted by Crippen LogP contribution is 2.18. The van der Waals surface area contributed by atoms with E-state index in [2.05, 4.69) is 40.2 Å². The van der Waals surface area contributed by atoms with Crippen LogP contribution in [0.3, 0.4) is 0 Å². The van der Waals surface area contributed by atoms with Crippen LogP contribution in [0.4, 0.5) is 8.78 Å². The van der Waals surface area contributed by atoms with Crippen molar-refractivity contribution in [2.45, 2.75) is 26.4 Å². The van der Waals surface area contributed by atoms with E-state index in [1.54, 1.807) is 6.92 Å². The molecule has 1 N–H and O–H groups in total. The summed E-state index contributed by atoms with van der Waals surface area (Å²) in [6.07, 6.45) is 0. The summed E-state index contributed by atoms with van der Waals surface area (Å²) >= 11 is 0. The number of nitrogens with one attached hydrogen (secondary N) is 1. The van der Waals surface area contributed by atoms with Gasteiger partial charge >= 0.3 is 0 Å². The van der Waals surface area contributed by atoms with Crippen molar-refractivity contribution < 1.29 is 13.6 Å². The Morgan fingerprint density at radius 1 is 1.07 bits per heavy atom. The lowest BCUT2D eigenvalue weighted by Gasteiger charge is -2.34. The number of carbonyl (C=O) groups excluding carboxylic acids is 1. The Kier molecular flexibility index (Phi) is 6.75. The molecule has 1 heterocycles. The topological polar surface area (TPSA) is 35.6 Å². The zero-order valence-electron chi connectivity index (χ0n) is 16.4. The first-order valence-corrected chi connectivity index (χ1v) is 9.66. The maximum absolute atomic E-state index is 13.9. The number of carbonyl (C=O) groups is 1. The molecule has 0 bridgehead atoms. The minimum Gasteiger partial charge on any atom is -0.348 e. The van der Waals surface area contributed by atoms with Crippen LogP contribution in [0.1, 0.15) is 29.7 Å². The number of nitrogens with zero attached hydrogens (tertiary/aromatic N) is 2. The molecule has 0 aromatic heterocycles. The highest BCUT2D eigenvalue weighted by Gasteiger charge is 2.21. The molecule has 2 aromatic carbocycles. The van der Waals surface area contributed by atoms with Gasteiger partial charge in [0.2, 0.25) is 5.91 Å². The van der Waals surface area contributed by atoms with Crippen LogP contribution in [-0.4, -0.2) is 48.4 Å². The van der Waals surface area contributed by atoms with Gasteiger partial charge in [-0.25, -0.2) is 8.78 Å². The van der Waals surface area contributed by atoms with Gasteiger partial charge in [-0.2, -0.15) is 0 Å². The van der Waals surface area contributed by atoms with Gasteiger partial charge < -0.3 is 5.32 Å². The molecule has 0 spiro atoms. The van der Waals surface area contributed by atoms with Crippen molar-refractivity contribution in [3.8, 4) is 0 Å². The summed E-state index contributed by atoms with van der Waals surface area (Å²) in [6, 6.07) is 11.3. The first-order valence-electron chi connectivity index (χ1n) is 9.66. The number of hydrogen-bond donors (Lipinski definition) is 1. The molecule has 1 aliphatic rings. The lowest BCUT2D eigenvalue weighted by Crippen LogP contribution is -2.49. The standard InChI is InChI=1S/C22H27F2N3O/c1-16-5-3-4-6-18(16)14-26-9-11-27(12-10-26)15-22(28)25-17(2)20-8-7-19(23)13-21(20)24/h3-8,13,17H,9-12,14-15H2,1-2H3,(H,25,28)/t17-/m1/s1. The number of aryl methyl sites for hydroxylation is 1. The van der Waals surface area contributed by atoms with Crippen molar-refractivity contribution in [3.63, 3.8) is 0 Å². The molecule has 1 atom stereocenters. The zero-order chi connectivity index (χ0) is 20.1. The van der Waals surface area contributed by atoms with E-state index in [0.29, 0.717) is 0 Å². The molecule has 0 unspecified atom stereocenters. The van der Waals surface area contributed by atoms with Crippen molar-refractivity contribution in [2.24, 2.45) is 0 Å². The molecule has 1 aliphatic heterocycles. The first kappa shape index (κ1) is 20.4. The molecule has 0 saturated carbocycles.